The van der Waals surface area contributed by atoms with Crippen LogP contribution in [-0.4, -0.2) is 26.4 Å². The van der Waals surface area contributed by atoms with Crippen molar-refractivity contribution in [3.05, 3.63) is 47.2 Å². The molecule has 6 heteroatoms. The van der Waals surface area contributed by atoms with Crippen LogP contribution < -0.4 is 5.73 Å². The van der Waals surface area contributed by atoms with Crippen molar-refractivity contribution in [2.24, 2.45) is 0 Å². The third kappa shape index (κ3) is 3.31. The highest BCUT2D eigenvalue weighted by Gasteiger charge is 2.32. The summed E-state index contributed by atoms with van der Waals surface area (Å²) in [6.45, 7) is 7.15. The number of rotatable bonds is 2. The molecule has 0 saturated carbocycles. The van der Waals surface area contributed by atoms with Gasteiger partial charge in [0.05, 0.1) is 25.3 Å². The number of hydrogen-bond acceptors (Lipinski definition) is 4. The van der Waals surface area contributed by atoms with Crippen molar-refractivity contribution >= 4 is 11.9 Å². The first-order chi connectivity index (χ1) is 10.8. The molecule has 0 atom stereocenters. The smallest absolute Gasteiger partial charge is 0.410 e. The molecular weight excluding hydrogens is 292 g/mol. The maximum Gasteiger partial charge on any atom is 0.410 e. The van der Waals surface area contributed by atoms with Gasteiger partial charge in [-0.3, -0.25) is 9.58 Å². The zero-order chi connectivity index (χ0) is 16.6. The number of hydrogen-bond donors (Lipinski definition) is 1. The van der Waals surface area contributed by atoms with Gasteiger partial charge in [-0.25, -0.2) is 4.79 Å². The number of nitrogens with two attached hydrogens (primary N) is 1. The van der Waals surface area contributed by atoms with Gasteiger partial charge in [0.25, 0.3) is 0 Å². The van der Waals surface area contributed by atoms with Crippen molar-refractivity contribution < 1.29 is 9.53 Å². The van der Waals surface area contributed by atoms with Crippen LogP contribution in [0.2, 0.25) is 0 Å². The average molecular weight is 314 g/mol. The molecule has 23 heavy (non-hydrogen) atoms. The lowest BCUT2D eigenvalue weighted by molar-refractivity contribution is 0.0238. The first-order valence-corrected chi connectivity index (χ1v) is 7.69. The molecule has 1 aliphatic rings. The predicted octanol–water partition coefficient (Wildman–Crippen LogP) is 2.76. The molecule has 3 rings (SSSR count). The van der Waals surface area contributed by atoms with Crippen LogP contribution in [0.15, 0.2) is 30.3 Å². The van der Waals surface area contributed by atoms with E-state index < -0.39 is 5.60 Å². The molecule has 1 aliphatic heterocycles. The second-order valence-electron chi connectivity index (χ2n) is 6.79. The van der Waals surface area contributed by atoms with Gasteiger partial charge >= 0.3 is 6.09 Å². The molecule has 1 aromatic carbocycles. The zero-order valence-corrected chi connectivity index (χ0v) is 13.7. The summed E-state index contributed by atoms with van der Waals surface area (Å²) in [5, 5.41) is 4.41. The topological polar surface area (TPSA) is 73.4 Å². The number of carbonyl (C=O) groups excluding carboxylic acids is 1. The van der Waals surface area contributed by atoms with Crippen LogP contribution in [0.5, 0.6) is 0 Å². The lowest BCUT2D eigenvalue weighted by atomic mass is 10.2. The molecule has 0 fully saturated rings. The SMILES string of the molecule is CC(C)(C)OC(=O)N1Cc2c(N)nn(Cc3ccccc3)c2C1. The summed E-state index contributed by atoms with van der Waals surface area (Å²) >= 11 is 0. The summed E-state index contributed by atoms with van der Waals surface area (Å²) in [4.78, 5) is 13.9. The maximum absolute atomic E-state index is 12.2. The molecule has 0 aliphatic carbocycles. The molecule has 6 nitrogen and oxygen atoms in total. The summed E-state index contributed by atoms with van der Waals surface area (Å²) in [7, 11) is 0. The van der Waals surface area contributed by atoms with E-state index in [9.17, 15) is 4.79 Å². The standard InChI is InChI=1S/C17H22N4O2/c1-17(2,3)23-16(22)20-10-13-14(11-20)21(19-15(13)18)9-12-7-5-4-6-8-12/h4-8H,9-11H2,1-3H3,(H2,18,19). The molecule has 1 amide bonds. The molecule has 0 unspecified atom stereocenters. The Morgan fingerprint density at radius 3 is 2.61 bits per heavy atom. The van der Waals surface area contributed by atoms with Crippen molar-refractivity contribution in [1.82, 2.24) is 14.7 Å². The molecule has 0 bridgehead atoms. The summed E-state index contributed by atoms with van der Waals surface area (Å²) in [6, 6.07) is 10.1. The van der Waals surface area contributed by atoms with Crippen LogP contribution in [0, 0.1) is 0 Å². The van der Waals surface area contributed by atoms with Gasteiger partial charge in [-0.2, -0.15) is 5.10 Å². The van der Waals surface area contributed by atoms with Gasteiger partial charge in [0, 0.05) is 5.56 Å². The van der Waals surface area contributed by atoms with Gasteiger partial charge in [-0.15, -0.1) is 0 Å². The molecule has 2 N–H and O–H groups in total. The fourth-order valence-electron chi connectivity index (χ4n) is 2.67. The van der Waals surface area contributed by atoms with Crippen molar-refractivity contribution in [2.75, 3.05) is 5.73 Å². The molecule has 0 saturated heterocycles. The lowest BCUT2D eigenvalue weighted by Gasteiger charge is -2.24. The highest BCUT2D eigenvalue weighted by Crippen LogP contribution is 2.29. The fraction of sp³-hybridized carbons (Fsp3) is 0.412. The lowest BCUT2D eigenvalue weighted by Crippen LogP contribution is -2.33. The van der Waals surface area contributed by atoms with E-state index in [0.717, 1.165) is 16.8 Å². The number of anilines is 1. The van der Waals surface area contributed by atoms with Crippen molar-refractivity contribution in [3.8, 4) is 0 Å². The number of carbonyl (C=O) groups is 1. The second-order valence-corrected chi connectivity index (χ2v) is 6.79. The van der Waals surface area contributed by atoms with Crippen molar-refractivity contribution in [3.63, 3.8) is 0 Å². The quantitative estimate of drug-likeness (QED) is 0.925. The normalized spacial score (nSPS) is 14.0. The van der Waals surface area contributed by atoms with Crippen LogP contribution >= 0.6 is 0 Å². The van der Waals surface area contributed by atoms with Gasteiger partial charge in [0.2, 0.25) is 0 Å². The molecule has 0 spiro atoms. The van der Waals surface area contributed by atoms with E-state index in [0.29, 0.717) is 25.5 Å². The van der Waals surface area contributed by atoms with Gasteiger partial charge < -0.3 is 10.5 Å². The molecule has 1 aromatic heterocycles. The van der Waals surface area contributed by atoms with Crippen molar-refractivity contribution in [2.45, 2.75) is 46.0 Å². The molecular formula is C17H22N4O2. The maximum atomic E-state index is 12.2. The Kier molecular flexibility index (Phi) is 3.75. The van der Waals surface area contributed by atoms with Gasteiger partial charge in [0.15, 0.2) is 5.82 Å². The Bertz CT molecular complexity index is 716. The number of benzene rings is 1. The third-order valence-electron chi connectivity index (χ3n) is 3.71. The number of ether oxygens (including phenoxy) is 1. The van der Waals surface area contributed by atoms with Crippen LogP contribution in [0.1, 0.15) is 37.6 Å². The number of nitrogens with zero attached hydrogens (tertiary/aromatic N) is 3. The second kappa shape index (κ2) is 5.61. The molecule has 2 aromatic rings. The minimum absolute atomic E-state index is 0.320. The van der Waals surface area contributed by atoms with E-state index in [1.54, 1.807) is 4.90 Å². The van der Waals surface area contributed by atoms with E-state index >= 15 is 0 Å². The van der Waals surface area contributed by atoms with E-state index in [-0.39, 0.29) is 6.09 Å². The van der Waals surface area contributed by atoms with Crippen molar-refractivity contribution in [1.29, 1.82) is 0 Å². The summed E-state index contributed by atoms with van der Waals surface area (Å²) in [5.74, 6) is 0.488. The minimum atomic E-state index is -0.506. The highest BCUT2D eigenvalue weighted by molar-refractivity contribution is 5.70. The van der Waals surface area contributed by atoms with E-state index in [1.165, 1.54) is 0 Å². The number of aromatic nitrogens is 2. The third-order valence-corrected chi connectivity index (χ3v) is 3.71. The van der Waals surface area contributed by atoms with Crippen LogP contribution in [0.4, 0.5) is 10.6 Å². The highest BCUT2D eigenvalue weighted by atomic mass is 16.6. The Morgan fingerprint density at radius 2 is 1.96 bits per heavy atom. The number of fused-ring (bicyclic) bond motifs is 1. The number of amides is 1. The Labute approximate surface area is 135 Å². The summed E-state index contributed by atoms with van der Waals surface area (Å²) in [5.41, 5.74) is 8.57. The first-order valence-electron chi connectivity index (χ1n) is 7.69. The Hall–Kier alpha value is -2.50. The van der Waals surface area contributed by atoms with Crippen LogP contribution in [0.25, 0.3) is 0 Å². The largest absolute Gasteiger partial charge is 0.444 e. The predicted molar refractivity (Wildman–Crippen MR) is 87.7 cm³/mol. The first kappa shape index (κ1) is 15.4. The summed E-state index contributed by atoms with van der Waals surface area (Å²) in [6.07, 6.45) is -0.320. The zero-order valence-electron chi connectivity index (χ0n) is 13.7. The van der Waals surface area contributed by atoms with Gasteiger partial charge in [0.1, 0.15) is 5.60 Å². The average Bonchev–Trinajstić information content (AvgIpc) is 3.01. The molecule has 122 valence electrons. The van der Waals surface area contributed by atoms with E-state index in [1.807, 2.05) is 55.8 Å². The number of nitrogen functional groups attached to an aromatic ring is 1. The van der Waals surface area contributed by atoms with Gasteiger partial charge in [-0.05, 0) is 26.3 Å². The summed E-state index contributed by atoms with van der Waals surface area (Å²) < 4.78 is 7.32. The van der Waals surface area contributed by atoms with Crippen LogP contribution in [-0.2, 0) is 24.4 Å². The molecule has 0 radical (unpaired) electrons. The van der Waals surface area contributed by atoms with Crippen LogP contribution in [0.3, 0.4) is 0 Å². The van der Waals surface area contributed by atoms with Gasteiger partial charge in [-0.1, -0.05) is 30.3 Å². The fourth-order valence-corrected chi connectivity index (χ4v) is 2.67. The monoisotopic (exact) mass is 314 g/mol. The molecule has 2 heterocycles. The van der Waals surface area contributed by atoms with E-state index in [2.05, 4.69) is 5.10 Å². The Balaban J connectivity index is 1.78. The van der Waals surface area contributed by atoms with E-state index in [4.69, 9.17) is 10.5 Å². The minimum Gasteiger partial charge on any atom is -0.444 e. The Morgan fingerprint density at radius 1 is 1.26 bits per heavy atom.